The fourth-order valence-electron chi connectivity index (χ4n) is 3.23. The van der Waals surface area contributed by atoms with E-state index >= 15 is 0 Å². The number of rotatable bonds is 12. The monoisotopic (exact) mass is 336 g/mol. The van der Waals surface area contributed by atoms with Crippen molar-refractivity contribution in [2.45, 2.75) is 77.2 Å². The van der Waals surface area contributed by atoms with Crippen LogP contribution in [-0.2, 0) is 9.59 Å². The number of aliphatic hydroxyl groups is 1. The molecule has 3 atom stereocenters. The molecular weight excluding hydrogens is 304 g/mol. The molecule has 0 aromatic rings. The van der Waals surface area contributed by atoms with Gasteiger partial charge in [-0.3, -0.25) is 9.59 Å². The van der Waals surface area contributed by atoms with Gasteiger partial charge in [0.15, 0.2) is 0 Å². The Balaban J connectivity index is 2.35. The van der Waals surface area contributed by atoms with E-state index in [4.69, 9.17) is 5.11 Å². The maximum absolute atomic E-state index is 12.1. The Labute approximate surface area is 145 Å². The van der Waals surface area contributed by atoms with E-state index in [2.05, 4.69) is 6.92 Å². The van der Waals surface area contributed by atoms with Crippen molar-refractivity contribution in [1.82, 2.24) is 0 Å². The summed E-state index contributed by atoms with van der Waals surface area (Å²) in [5, 5.41) is 18.6. The number of carbonyl (C=O) groups is 2. The molecule has 0 radical (unpaired) electrons. The van der Waals surface area contributed by atoms with E-state index in [9.17, 15) is 14.7 Å². The molecule has 4 nitrogen and oxygen atoms in total. The number of hydrogen-bond donors (Lipinski definition) is 2. The summed E-state index contributed by atoms with van der Waals surface area (Å²) in [6.07, 6.45) is 15.3. The van der Waals surface area contributed by atoms with Crippen LogP contribution < -0.4 is 0 Å². The number of hydrogen-bond acceptors (Lipinski definition) is 3. The van der Waals surface area contributed by atoms with E-state index in [-0.39, 0.29) is 18.3 Å². The van der Waals surface area contributed by atoms with Crippen molar-refractivity contribution in [3.8, 4) is 0 Å². The van der Waals surface area contributed by atoms with Crippen LogP contribution in [0.25, 0.3) is 0 Å². The van der Waals surface area contributed by atoms with E-state index in [0.29, 0.717) is 18.6 Å². The standard InChI is InChI=1S/C20H32O4/c1-2-3-6-9-17(21)14-12-16-13-15-19(22)18(16)10-7-4-5-8-11-20(23)24/h4-5,12,14,16-18,21H,2-3,6-11,13,15H2,1H3,(H,23,24)/b5-4-,14-12+. The Morgan fingerprint density at radius 1 is 1.29 bits per heavy atom. The van der Waals surface area contributed by atoms with Crippen LogP contribution >= 0.6 is 0 Å². The molecule has 24 heavy (non-hydrogen) atoms. The van der Waals surface area contributed by atoms with E-state index in [1.165, 1.54) is 0 Å². The summed E-state index contributed by atoms with van der Waals surface area (Å²) in [4.78, 5) is 22.5. The van der Waals surface area contributed by atoms with Crippen LogP contribution in [-0.4, -0.2) is 28.1 Å². The van der Waals surface area contributed by atoms with Crippen molar-refractivity contribution in [3.63, 3.8) is 0 Å². The molecule has 0 saturated heterocycles. The largest absolute Gasteiger partial charge is 0.481 e. The average molecular weight is 336 g/mol. The van der Waals surface area contributed by atoms with Gasteiger partial charge >= 0.3 is 5.97 Å². The third-order valence-corrected chi connectivity index (χ3v) is 4.67. The average Bonchev–Trinajstić information content (AvgIpc) is 2.89. The summed E-state index contributed by atoms with van der Waals surface area (Å²) < 4.78 is 0. The first-order valence-electron chi connectivity index (χ1n) is 9.30. The van der Waals surface area contributed by atoms with Gasteiger partial charge in [0.1, 0.15) is 5.78 Å². The molecule has 1 fully saturated rings. The highest BCUT2D eigenvalue weighted by molar-refractivity contribution is 5.83. The highest BCUT2D eigenvalue weighted by atomic mass is 16.4. The first kappa shape index (κ1) is 20.6. The molecule has 1 aliphatic rings. The van der Waals surface area contributed by atoms with Gasteiger partial charge in [0.25, 0.3) is 0 Å². The smallest absolute Gasteiger partial charge is 0.303 e. The predicted octanol–water partition coefficient (Wildman–Crippen LogP) is 4.28. The molecule has 3 unspecified atom stereocenters. The molecule has 0 aromatic carbocycles. The summed E-state index contributed by atoms with van der Waals surface area (Å²) in [6, 6.07) is 0. The molecule has 136 valence electrons. The molecule has 0 spiro atoms. The lowest BCUT2D eigenvalue weighted by Crippen LogP contribution is -2.13. The zero-order valence-electron chi connectivity index (χ0n) is 14.8. The van der Waals surface area contributed by atoms with Gasteiger partial charge in [-0.2, -0.15) is 0 Å². The fourth-order valence-corrected chi connectivity index (χ4v) is 3.23. The van der Waals surface area contributed by atoms with Gasteiger partial charge in [-0.25, -0.2) is 0 Å². The van der Waals surface area contributed by atoms with Crippen molar-refractivity contribution in [3.05, 3.63) is 24.3 Å². The fraction of sp³-hybridized carbons (Fsp3) is 0.700. The predicted molar refractivity (Wildman–Crippen MR) is 95.8 cm³/mol. The van der Waals surface area contributed by atoms with Crippen LogP contribution in [0.5, 0.6) is 0 Å². The Morgan fingerprint density at radius 2 is 2.04 bits per heavy atom. The van der Waals surface area contributed by atoms with Crippen LogP contribution in [0.4, 0.5) is 0 Å². The number of carboxylic acid groups (broad SMARTS) is 1. The minimum absolute atomic E-state index is 0.0493. The molecule has 0 bridgehead atoms. The summed E-state index contributed by atoms with van der Waals surface area (Å²) in [5.41, 5.74) is 0. The molecular formula is C20H32O4. The van der Waals surface area contributed by atoms with Crippen molar-refractivity contribution < 1.29 is 19.8 Å². The number of aliphatic carboxylic acids is 1. The Kier molecular flexibility index (Phi) is 10.3. The summed E-state index contributed by atoms with van der Waals surface area (Å²) in [7, 11) is 0. The highest BCUT2D eigenvalue weighted by Gasteiger charge is 2.32. The normalized spacial score (nSPS) is 22.7. The van der Waals surface area contributed by atoms with Crippen LogP contribution in [0.3, 0.4) is 0 Å². The number of carboxylic acids is 1. The topological polar surface area (TPSA) is 74.6 Å². The van der Waals surface area contributed by atoms with Crippen molar-refractivity contribution >= 4 is 11.8 Å². The summed E-state index contributed by atoms with van der Waals surface area (Å²) in [5.74, 6) is -0.170. The maximum Gasteiger partial charge on any atom is 0.303 e. The zero-order valence-corrected chi connectivity index (χ0v) is 14.8. The van der Waals surface area contributed by atoms with Crippen LogP contribution in [0.15, 0.2) is 24.3 Å². The molecule has 0 heterocycles. The van der Waals surface area contributed by atoms with E-state index in [1.807, 2.05) is 24.3 Å². The Hall–Kier alpha value is -1.42. The SMILES string of the molecule is CCCCCC(O)/C=C/C1CCC(=O)C1CC/C=C\CCC(=O)O. The van der Waals surface area contributed by atoms with Gasteiger partial charge in [0.05, 0.1) is 6.10 Å². The lowest BCUT2D eigenvalue weighted by Gasteiger charge is -2.14. The molecule has 1 saturated carbocycles. The van der Waals surface area contributed by atoms with Gasteiger partial charge < -0.3 is 10.2 Å². The quantitative estimate of drug-likeness (QED) is 0.412. The van der Waals surface area contributed by atoms with Gasteiger partial charge in [-0.1, -0.05) is 50.5 Å². The minimum Gasteiger partial charge on any atom is -0.481 e. The number of ketones is 1. The second-order valence-electron chi connectivity index (χ2n) is 6.70. The lowest BCUT2D eigenvalue weighted by atomic mass is 9.90. The molecule has 1 aliphatic carbocycles. The van der Waals surface area contributed by atoms with Gasteiger partial charge in [0, 0.05) is 18.8 Å². The molecule has 0 aliphatic heterocycles. The second-order valence-corrected chi connectivity index (χ2v) is 6.70. The summed E-state index contributed by atoms with van der Waals surface area (Å²) >= 11 is 0. The molecule has 0 aromatic heterocycles. The van der Waals surface area contributed by atoms with Crippen molar-refractivity contribution in [2.75, 3.05) is 0 Å². The maximum atomic E-state index is 12.1. The number of aliphatic hydroxyl groups excluding tert-OH is 1. The molecule has 0 amide bonds. The number of allylic oxidation sites excluding steroid dienone is 3. The van der Waals surface area contributed by atoms with Crippen molar-refractivity contribution in [2.24, 2.45) is 11.8 Å². The Bertz CT molecular complexity index is 439. The summed E-state index contributed by atoms with van der Waals surface area (Å²) in [6.45, 7) is 2.15. The third-order valence-electron chi connectivity index (χ3n) is 4.67. The number of Topliss-reactive ketones (excluding diaryl/α,β-unsaturated/α-hetero) is 1. The second kappa shape index (κ2) is 12.0. The van der Waals surface area contributed by atoms with E-state index < -0.39 is 12.1 Å². The van der Waals surface area contributed by atoms with Crippen LogP contribution in [0, 0.1) is 11.8 Å². The number of unbranched alkanes of at least 4 members (excludes halogenated alkanes) is 2. The first-order valence-corrected chi connectivity index (χ1v) is 9.30. The van der Waals surface area contributed by atoms with Gasteiger partial charge in [-0.15, -0.1) is 0 Å². The van der Waals surface area contributed by atoms with E-state index in [0.717, 1.165) is 44.9 Å². The van der Waals surface area contributed by atoms with Crippen molar-refractivity contribution in [1.29, 1.82) is 0 Å². The van der Waals surface area contributed by atoms with Crippen LogP contribution in [0.1, 0.15) is 71.1 Å². The van der Waals surface area contributed by atoms with E-state index in [1.54, 1.807) is 0 Å². The van der Waals surface area contributed by atoms with Gasteiger partial charge in [0.2, 0.25) is 0 Å². The first-order chi connectivity index (χ1) is 11.5. The minimum atomic E-state index is -0.784. The lowest BCUT2D eigenvalue weighted by molar-refractivity contribution is -0.136. The van der Waals surface area contributed by atoms with Crippen LogP contribution in [0.2, 0.25) is 0 Å². The molecule has 2 N–H and O–H groups in total. The third kappa shape index (κ3) is 8.44. The Morgan fingerprint density at radius 3 is 2.75 bits per heavy atom. The van der Waals surface area contributed by atoms with Gasteiger partial charge in [-0.05, 0) is 38.0 Å². The number of carbonyl (C=O) groups excluding carboxylic acids is 1. The molecule has 1 rings (SSSR count). The zero-order chi connectivity index (χ0) is 17.8. The molecule has 4 heteroatoms. The highest BCUT2D eigenvalue weighted by Crippen LogP contribution is 2.33.